The van der Waals surface area contributed by atoms with Gasteiger partial charge in [0.1, 0.15) is 0 Å². The van der Waals surface area contributed by atoms with Crippen LogP contribution in [-0.2, 0) is 32.2 Å². The minimum absolute atomic E-state index is 0.0131. The number of ether oxygens (including phenoxy) is 2. The summed E-state index contributed by atoms with van der Waals surface area (Å²) in [6.07, 6.45) is 5.01. The van der Waals surface area contributed by atoms with Gasteiger partial charge < -0.3 is 30.1 Å². The summed E-state index contributed by atoms with van der Waals surface area (Å²) < 4.78 is 12.8. The predicted molar refractivity (Wildman–Crippen MR) is 152 cm³/mol. The standard InChI is InChI=1S/C31H43N3O5/c1-4-18-34(3)21-28-19-29(26-13-11-25(22-35)12-14-26)39-31(38-28)27-15-9-24(10-16-27)20-33-30(37)8-6-5-7-17-32-23(2)36/h4,9-16,28-29,31,35H,1,5-8,17-22H2,2-3H3,(H,32,36)(H,33,37)/t28-,29+,31+/m1/s1. The third-order valence-electron chi connectivity index (χ3n) is 6.77. The second-order valence-electron chi connectivity index (χ2n) is 10.2. The highest BCUT2D eigenvalue weighted by molar-refractivity contribution is 5.75. The van der Waals surface area contributed by atoms with E-state index in [-0.39, 0.29) is 30.6 Å². The van der Waals surface area contributed by atoms with E-state index in [4.69, 9.17) is 9.47 Å². The predicted octanol–water partition coefficient (Wildman–Crippen LogP) is 4.15. The summed E-state index contributed by atoms with van der Waals surface area (Å²) in [5, 5.41) is 15.1. The van der Waals surface area contributed by atoms with E-state index < -0.39 is 6.29 Å². The first-order valence-corrected chi connectivity index (χ1v) is 13.8. The number of aliphatic hydroxyl groups is 1. The van der Waals surface area contributed by atoms with Crippen LogP contribution >= 0.6 is 0 Å². The number of hydrogen-bond donors (Lipinski definition) is 3. The van der Waals surface area contributed by atoms with Crippen LogP contribution in [0.4, 0.5) is 0 Å². The lowest BCUT2D eigenvalue weighted by Gasteiger charge is -2.37. The smallest absolute Gasteiger partial charge is 0.220 e. The van der Waals surface area contributed by atoms with Crippen LogP contribution < -0.4 is 10.6 Å². The number of nitrogens with zero attached hydrogens (tertiary/aromatic N) is 1. The Balaban J connectivity index is 1.55. The average Bonchev–Trinajstić information content (AvgIpc) is 2.94. The molecule has 0 unspecified atom stereocenters. The summed E-state index contributed by atoms with van der Waals surface area (Å²) in [5.41, 5.74) is 3.87. The largest absolute Gasteiger partial charge is 0.392 e. The molecule has 8 nitrogen and oxygen atoms in total. The van der Waals surface area contributed by atoms with E-state index in [0.717, 1.165) is 61.0 Å². The topological polar surface area (TPSA) is 100 Å². The Morgan fingerprint density at radius 2 is 1.69 bits per heavy atom. The Morgan fingerprint density at radius 3 is 2.36 bits per heavy atom. The van der Waals surface area contributed by atoms with Crippen LogP contribution in [0.1, 0.15) is 73.7 Å². The first-order valence-electron chi connectivity index (χ1n) is 13.8. The normalized spacial score (nSPS) is 19.0. The Labute approximate surface area is 232 Å². The van der Waals surface area contributed by atoms with Gasteiger partial charge in [-0.15, -0.1) is 6.58 Å². The monoisotopic (exact) mass is 537 g/mol. The minimum atomic E-state index is -0.510. The average molecular weight is 538 g/mol. The molecule has 1 saturated heterocycles. The zero-order valence-electron chi connectivity index (χ0n) is 23.2. The molecule has 39 heavy (non-hydrogen) atoms. The van der Waals surface area contributed by atoms with Gasteiger partial charge in [0, 0.05) is 51.5 Å². The van der Waals surface area contributed by atoms with Gasteiger partial charge in [0.25, 0.3) is 0 Å². The van der Waals surface area contributed by atoms with Crippen molar-refractivity contribution in [2.45, 2.75) is 70.7 Å². The maximum absolute atomic E-state index is 12.2. The van der Waals surface area contributed by atoms with Gasteiger partial charge in [-0.3, -0.25) is 9.59 Å². The molecule has 3 N–H and O–H groups in total. The van der Waals surface area contributed by atoms with Crippen LogP contribution in [0.2, 0.25) is 0 Å². The molecule has 212 valence electrons. The molecule has 8 heteroatoms. The van der Waals surface area contributed by atoms with Gasteiger partial charge in [0.15, 0.2) is 6.29 Å². The number of carbonyl (C=O) groups excluding carboxylic acids is 2. The number of rotatable bonds is 15. The zero-order chi connectivity index (χ0) is 28.0. The first-order chi connectivity index (χ1) is 18.9. The maximum atomic E-state index is 12.2. The molecular formula is C31H43N3O5. The number of amides is 2. The molecule has 0 bridgehead atoms. The second-order valence-corrected chi connectivity index (χ2v) is 10.2. The molecule has 2 aromatic carbocycles. The minimum Gasteiger partial charge on any atom is -0.392 e. The molecule has 0 aliphatic carbocycles. The van der Waals surface area contributed by atoms with Crippen molar-refractivity contribution in [2.75, 3.05) is 26.7 Å². The summed E-state index contributed by atoms with van der Waals surface area (Å²) in [6, 6.07) is 15.9. The van der Waals surface area contributed by atoms with E-state index in [1.165, 1.54) is 6.92 Å². The second kappa shape index (κ2) is 16.2. The lowest BCUT2D eigenvalue weighted by atomic mass is 9.99. The molecule has 1 heterocycles. The van der Waals surface area contributed by atoms with Crippen LogP contribution in [-0.4, -0.2) is 54.6 Å². The van der Waals surface area contributed by atoms with Crippen LogP contribution in [0.5, 0.6) is 0 Å². The highest BCUT2D eigenvalue weighted by Gasteiger charge is 2.32. The highest BCUT2D eigenvalue weighted by atomic mass is 16.7. The lowest BCUT2D eigenvalue weighted by Crippen LogP contribution is -2.37. The number of unbranched alkanes of at least 4 members (excludes halogenated alkanes) is 2. The molecular weight excluding hydrogens is 494 g/mol. The molecule has 0 aromatic heterocycles. The van der Waals surface area contributed by atoms with Crippen molar-refractivity contribution >= 4 is 11.8 Å². The quantitative estimate of drug-likeness (QED) is 0.233. The SMILES string of the molecule is C=CCN(C)C[C@H]1C[C@@H](c2ccc(CO)cc2)O[C@@H](c2ccc(CNC(=O)CCCCCNC(C)=O)cc2)O1. The number of aliphatic hydroxyl groups excluding tert-OH is 1. The maximum Gasteiger partial charge on any atom is 0.220 e. The van der Waals surface area contributed by atoms with Gasteiger partial charge in [-0.25, -0.2) is 0 Å². The van der Waals surface area contributed by atoms with E-state index in [9.17, 15) is 14.7 Å². The summed E-state index contributed by atoms with van der Waals surface area (Å²) in [7, 11) is 2.05. The number of hydrogen-bond acceptors (Lipinski definition) is 6. The fourth-order valence-electron chi connectivity index (χ4n) is 4.61. The van der Waals surface area contributed by atoms with Crippen molar-refractivity contribution in [3.05, 3.63) is 83.4 Å². The molecule has 1 aliphatic rings. The molecule has 3 atom stereocenters. The van der Waals surface area contributed by atoms with Gasteiger partial charge in [0.2, 0.25) is 11.8 Å². The first kappa shape index (κ1) is 30.5. The summed E-state index contributed by atoms with van der Waals surface area (Å²) in [5.74, 6) is 0.00348. The zero-order valence-corrected chi connectivity index (χ0v) is 23.2. The Morgan fingerprint density at radius 1 is 1.00 bits per heavy atom. The molecule has 1 aliphatic heterocycles. The van der Waals surface area contributed by atoms with Crippen LogP contribution in [0.25, 0.3) is 0 Å². The van der Waals surface area contributed by atoms with Gasteiger partial charge in [-0.05, 0) is 36.6 Å². The van der Waals surface area contributed by atoms with Crippen molar-refractivity contribution in [3.8, 4) is 0 Å². The van der Waals surface area contributed by atoms with Crippen molar-refractivity contribution < 1.29 is 24.2 Å². The Bertz CT molecular complexity index is 1040. The van der Waals surface area contributed by atoms with E-state index >= 15 is 0 Å². The number of carbonyl (C=O) groups is 2. The molecule has 0 saturated carbocycles. The Hall–Kier alpha value is -3.04. The molecule has 2 aromatic rings. The van der Waals surface area contributed by atoms with Gasteiger partial charge in [-0.1, -0.05) is 61.0 Å². The molecule has 3 rings (SSSR count). The van der Waals surface area contributed by atoms with Gasteiger partial charge in [0.05, 0.1) is 18.8 Å². The highest BCUT2D eigenvalue weighted by Crippen LogP contribution is 2.38. The molecule has 0 radical (unpaired) electrons. The van der Waals surface area contributed by atoms with Crippen LogP contribution in [0, 0.1) is 0 Å². The van der Waals surface area contributed by atoms with E-state index in [2.05, 4.69) is 29.2 Å². The number of nitrogens with one attached hydrogen (secondary N) is 2. The van der Waals surface area contributed by atoms with Crippen LogP contribution in [0.15, 0.2) is 61.2 Å². The third-order valence-corrected chi connectivity index (χ3v) is 6.77. The van der Waals surface area contributed by atoms with Crippen molar-refractivity contribution in [1.29, 1.82) is 0 Å². The van der Waals surface area contributed by atoms with E-state index in [1.54, 1.807) is 0 Å². The van der Waals surface area contributed by atoms with E-state index in [0.29, 0.717) is 19.5 Å². The summed E-state index contributed by atoms with van der Waals surface area (Å²) >= 11 is 0. The summed E-state index contributed by atoms with van der Waals surface area (Å²) in [4.78, 5) is 25.3. The van der Waals surface area contributed by atoms with Gasteiger partial charge >= 0.3 is 0 Å². The Kier molecular flexibility index (Phi) is 12.6. The van der Waals surface area contributed by atoms with E-state index in [1.807, 2.05) is 54.6 Å². The fraction of sp³-hybridized carbons (Fsp3) is 0.484. The number of likely N-dealkylation sites (N-methyl/N-ethyl adjacent to an activating group) is 1. The molecule has 1 fully saturated rings. The lowest BCUT2D eigenvalue weighted by molar-refractivity contribution is -0.252. The summed E-state index contributed by atoms with van der Waals surface area (Å²) in [6.45, 7) is 8.01. The third kappa shape index (κ3) is 10.6. The molecule has 2 amide bonds. The van der Waals surface area contributed by atoms with Gasteiger partial charge in [-0.2, -0.15) is 0 Å². The van der Waals surface area contributed by atoms with Crippen molar-refractivity contribution in [1.82, 2.24) is 15.5 Å². The fourth-order valence-corrected chi connectivity index (χ4v) is 4.61. The van der Waals surface area contributed by atoms with Crippen LogP contribution in [0.3, 0.4) is 0 Å². The molecule has 0 spiro atoms. The van der Waals surface area contributed by atoms with Crippen molar-refractivity contribution in [2.24, 2.45) is 0 Å². The number of benzene rings is 2. The van der Waals surface area contributed by atoms with Crippen molar-refractivity contribution in [3.63, 3.8) is 0 Å².